The van der Waals surface area contributed by atoms with Crippen molar-refractivity contribution in [3.8, 4) is 0 Å². The van der Waals surface area contributed by atoms with Crippen molar-refractivity contribution in [1.29, 1.82) is 0 Å². The lowest BCUT2D eigenvalue weighted by Gasteiger charge is -2.26. The van der Waals surface area contributed by atoms with E-state index in [1.165, 1.54) is 7.11 Å². The minimum absolute atomic E-state index is 0.0116. The Morgan fingerprint density at radius 2 is 2.23 bits per heavy atom. The molecule has 1 N–H and O–H groups in total. The van der Waals surface area contributed by atoms with Gasteiger partial charge in [0.1, 0.15) is 6.10 Å². The van der Waals surface area contributed by atoms with Crippen molar-refractivity contribution in [3.63, 3.8) is 0 Å². The SMILES string of the molecule is COC1CC2(O)CC(OC2=O)C1=O. The monoisotopic (exact) mass is 186 g/mol. The van der Waals surface area contributed by atoms with Crippen LogP contribution in [-0.2, 0) is 19.1 Å². The molecule has 1 saturated heterocycles. The zero-order chi connectivity index (χ0) is 9.64. The third kappa shape index (κ3) is 1.08. The predicted octanol–water partition coefficient (Wildman–Crippen LogP) is -0.979. The van der Waals surface area contributed by atoms with Gasteiger partial charge in [0.25, 0.3) is 0 Å². The molecule has 13 heavy (non-hydrogen) atoms. The van der Waals surface area contributed by atoms with Crippen LogP contribution < -0.4 is 0 Å². The number of rotatable bonds is 1. The third-order valence-corrected chi connectivity index (χ3v) is 2.59. The van der Waals surface area contributed by atoms with E-state index >= 15 is 0 Å². The lowest BCUT2D eigenvalue weighted by molar-refractivity contribution is -0.154. The summed E-state index contributed by atoms with van der Waals surface area (Å²) in [5.41, 5.74) is -1.50. The number of Topliss-reactive ketones (excluding diaryl/α,β-unsaturated/α-hetero) is 1. The van der Waals surface area contributed by atoms with Crippen molar-refractivity contribution in [3.05, 3.63) is 0 Å². The first kappa shape index (κ1) is 8.65. The van der Waals surface area contributed by atoms with Gasteiger partial charge in [-0.05, 0) is 0 Å². The normalized spacial score (nSPS) is 43.5. The van der Waals surface area contributed by atoms with Gasteiger partial charge in [-0.3, -0.25) is 4.79 Å². The molecule has 72 valence electrons. The van der Waals surface area contributed by atoms with Crippen LogP contribution in [0.5, 0.6) is 0 Å². The Morgan fingerprint density at radius 3 is 2.85 bits per heavy atom. The highest BCUT2D eigenvalue weighted by Gasteiger charge is 2.57. The molecule has 1 aliphatic carbocycles. The first-order valence-corrected chi connectivity index (χ1v) is 4.07. The lowest BCUT2D eigenvalue weighted by Crippen LogP contribution is -2.46. The molecular formula is C8H10O5. The zero-order valence-corrected chi connectivity index (χ0v) is 7.15. The number of fused-ring (bicyclic) bond motifs is 2. The fraction of sp³-hybridized carbons (Fsp3) is 0.750. The van der Waals surface area contributed by atoms with Crippen LogP contribution in [0.1, 0.15) is 12.8 Å². The second-order valence-electron chi connectivity index (χ2n) is 3.46. The summed E-state index contributed by atoms with van der Waals surface area (Å²) in [5.74, 6) is -0.955. The number of ketones is 1. The van der Waals surface area contributed by atoms with E-state index in [0.717, 1.165) is 0 Å². The molecule has 0 spiro atoms. The predicted molar refractivity (Wildman–Crippen MR) is 39.9 cm³/mol. The molecule has 3 atom stereocenters. The third-order valence-electron chi connectivity index (χ3n) is 2.59. The van der Waals surface area contributed by atoms with Crippen molar-refractivity contribution in [2.24, 2.45) is 0 Å². The van der Waals surface area contributed by atoms with Crippen LogP contribution in [0.2, 0.25) is 0 Å². The summed E-state index contributed by atoms with van der Waals surface area (Å²) in [6, 6.07) is 0. The van der Waals surface area contributed by atoms with Crippen LogP contribution in [0.15, 0.2) is 0 Å². The number of carbonyl (C=O) groups is 2. The van der Waals surface area contributed by atoms with Gasteiger partial charge in [0, 0.05) is 20.0 Å². The molecule has 0 aromatic rings. The van der Waals surface area contributed by atoms with Crippen LogP contribution >= 0.6 is 0 Å². The Labute approximate surface area is 74.6 Å². The smallest absolute Gasteiger partial charge is 0.339 e. The van der Waals surface area contributed by atoms with Crippen molar-refractivity contribution >= 4 is 11.8 Å². The van der Waals surface area contributed by atoms with Gasteiger partial charge in [0.05, 0.1) is 0 Å². The zero-order valence-electron chi connectivity index (χ0n) is 7.15. The number of ether oxygens (including phenoxy) is 2. The number of carbonyl (C=O) groups excluding carboxylic acids is 2. The molecule has 2 fully saturated rings. The summed E-state index contributed by atoms with van der Waals surface area (Å²) < 4.78 is 9.57. The minimum Gasteiger partial charge on any atom is -0.452 e. The highest BCUT2D eigenvalue weighted by atomic mass is 16.6. The highest BCUT2D eigenvalue weighted by Crippen LogP contribution is 2.36. The van der Waals surface area contributed by atoms with Crippen molar-refractivity contribution in [1.82, 2.24) is 0 Å². The first-order valence-electron chi connectivity index (χ1n) is 4.07. The van der Waals surface area contributed by atoms with Gasteiger partial charge in [-0.1, -0.05) is 0 Å². The largest absolute Gasteiger partial charge is 0.452 e. The molecule has 0 amide bonds. The summed E-state index contributed by atoms with van der Waals surface area (Å²) in [7, 11) is 1.38. The van der Waals surface area contributed by atoms with E-state index in [2.05, 4.69) is 0 Å². The number of hydrogen-bond acceptors (Lipinski definition) is 5. The molecule has 5 heteroatoms. The molecule has 1 aliphatic heterocycles. The van der Waals surface area contributed by atoms with Gasteiger partial charge in [-0.2, -0.15) is 0 Å². The Bertz CT molecular complexity index is 274. The summed E-state index contributed by atoms with van der Waals surface area (Å²) in [5, 5.41) is 9.70. The molecule has 3 unspecified atom stereocenters. The van der Waals surface area contributed by atoms with Crippen LogP contribution in [0.3, 0.4) is 0 Å². The molecule has 0 aromatic heterocycles. The van der Waals surface area contributed by atoms with Gasteiger partial charge in [-0.25, -0.2) is 4.79 Å². The molecule has 0 aromatic carbocycles. The van der Waals surface area contributed by atoms with E-state index in [0.29, 0.717) is 0 Å². The van der Waals surface area contributed by atoms with Crippen LogP contribution in [0, 0.1) is 0 Å². The summed E-state index contributed by atoms with van der Waals surface area (Å²) in [4.78, 5) is 22.5. The Morgan fingerprint density at radius 1 is 1.54 bits per heavy atom. The Hall–Kier alpha value is -0.940. The number of esters is 1. The van der Waals surface area contributed by atoms with Gasteiger partial charge in [0.15, 0.2) is 11.7 Å². The Kier molecular flexibility index (Phi) is 1.68. The maximum Gasteiger partial charge on any atom is 0.339 e. The van der Waals surface area contributed by atoms with E-state index in [9.17, 15) is 14.7 Å². The first-order chi connectivity index (χ1) is 6.07. The minimum atomic E-state index is -1.50. The molecule has 1 heterocycles. The average molecular weight is 186 g/mol. The van der Waals surface area contributed by atoms with Gasteiger partial charge < -0.3 is 14.6 Å². The van der Waals surface area contributed by atoms with E-state index in [4.69, 9.17) is 9.47 Å². The van der Waals surface area contributed by atoms with Crippen molar-refractivity contribution in [2.45, 2.75) is 30.7 Å². The van der Waals surface area contributed by atoms with Crippen LogP contribution in [-0.4, -0.2) is 41.8 Å². The number of hydrogen-bond donors (Lipinski definition) is 1. The highest BCUT2D eigenvalue weighted by molar-refractivity contribution is 5.97. The van der Waals surface area contributed by atoms with Crippen LogP contribution in [0.4, 0.5) is 0 Å². The van der Waals surface area contributed by atoms with E-state index in [1.807, 2.05) is 0 Å². The van der Waals surface area contributed by atoms with Crippen molar-refractivity contribution in [2.75, 3.05) is 7.11 Å². The molecule has 2 rings (SSSR count). The molecule has 1 saturated carbocycles. The average Bonchev–Trinajstić information content (AvgIpc) is 2.34. The molecular weight excluding hydrogens is 176 g/mol. The van der Waals surface area contributed by atoms with Gasteiger partial charge >= 0.3 is 5.97 Å². The van der Waals surface area contributed by atoms with Crippen molar-refractivity contribution < 1.29 is 24.2 Å². The Balaban J connectivity index is 2.29. The van der Waals surface area contributed by atoms with E-state index in [1.54, 1.807) is 0 Å². The summed E-state index contributed by atoms with van der Waals surface area (Å²) in [6.45, 7) is 0. The maximum absolute atomic E-state index is 11.4. The van der Waals surface area contributed by atoms with Crippen LogP contribution in [0.25, 0.3) is 0 Å². The molecule has 2 aliphatic rings. The standard InChI is InChI=1S/C8H10O5/c1-12-4-2-8(11)3-5(6(4)9)13-7(8)10/h4-5,11H,2-3H2,1H3. The summed E-state index contributed by atoms with van der Waals surface area (Å²) >= 11 is 0. The quantitative estimate of drug-likeness (QED) is 0.533. The molecule has 2 bridgehead atoms. The number of aliphatic hydroxyl groups is 1. The molecule has 5 nitrogen and oxygen atoms in total. The second kappa shape index (κ2) is 2.52. The van der Waals surface area contributed by atoms with Gasteiger partial charge in [-0.15, -0.1) is 0 Å². The molecule has 0 radical (unpaired) electrons. The lowest BCUT2D eigenvalue weighted by atomic mass is 9.83. The topological polar surface area (TPSA) is 72.8 Å². The summed E-state index contributed by atoms with van der Waals surface area (Å²) in [6.07, 6.45) is -1.44. The number of methoxy groups -OCH3 is 1. The maximum atomic E-state index is 11.4. The fourth-order valence-corrected chi connectivity index (χ4v) is 1.81. The van der Waals surface area contributed by atoms with E-state index < -0.39 is 23.8 Å². The second-order valence-corrected chi connectivity index (χ2v) is 3.46. The fourth-order valence-electron chi connectivity index (χ4n) is 1.81. The van der Waals surface area contributed by atoms with E-state index in [-0.39, 0.29) is 18.6 Å². The van der Waals surface area contributed by atoms with Gasteiger partial charge in [0.2, 0.25) is 5.78 Å².